The minimum absolute atomic E-state index is 0.0451. The van der Waals surface area contributed by atoms with E-state index in [0.29, 0.717) is 0 Å². The molecule has 0 aliphatic rings. The van der Waals surface area contributed by atoms with Gasteiger partial charge in [-0.05, 0) is 23.8 Å². The van der Waals surface area contributed by atoms with Crippen molar-refractivity contribution in [3.05, 3.63) is 48.2 Å². The topological polar surface area (TPSA) is 36.9 Å². The minimum atomic E-state index is -0.500. The normalized spacial score (nSPS) is 9.71. The van der Waals surface area contributed by atoms with Gasteiger partial charge in [-0.15, -0.1) is 0 Å². The summed E-state index contributed by atoms with van der Waals surface area (Å²) in [4.78, 5) is 0. The van der Waals surface area contributed by atoms with E-state index in [9.17, 15) is 4.39 Å². The number of hydrogen-bond acceptors (Lipinski definition) is 2. The maximum Gasteiger partial charge on any atom is 0.140 e. The highest BCUT2D eigenvalue weighted by atomic mass is 19.1. The number of nitriles is 1. The molecular weight excluding hydrogens is 181 g/mol. The summed E-state index contributed by atoms with van der Waals surface area (Å²) in [5.41, 5.74) is 1.65. The van der Waals surface area contributed by atoms with E-state index in [1.165, 1.54) is 18.4 Å². The Morgan fingerprint density at radius 1 is 1.21 bits per heavy atom. The van der Waals surface area contributed by atoms with Crippen LogP contribution in [-0.4, -0.2) is 0 Å². The summed E-state index contributed by atoms with van der Waals surface area (Å²) in [5, 5.41) is 8.63. The highest BCUT2D eigenvalue weighted by Crippen LogP contribution is 2.21. The molecule has 0 amide bonds. The average molecular weight is 187 g/mol. The van der Waals surface area contributed by atoms with Gasteiger partial charge in [0.25, 0.3) is 0 Å². The summed E-state index contributed by atoms with van der Waals surface area (Å²) in [7, 11) is 0. The van der Waals surface area contributed by atoms with Gasteiger partial charge in [0, 0.05) is 5.56 Å². The molecule has 0 atom stereocenters. The molecule has 0 fully saturated rings. The van der Waals surface area contributed by atoms with Gasteiger partial charge in [-0.25, -0.2) is 4.39 Å². The van der Waals surface area contributed by atoms with Crippen molar-refractivity contribution in [3.63, 3.8) is 0 Å². The maximum absolute atomic E-state index is 13.0. The molecule has 1 aromatic carbocycles. The molecule has 0 aliphatic heterocycles. The second-order valence-corrected chi connectivity index (χ2v) is 2.82. The molecule has 0 N–H and O–H groups in total. The van der Waals surface area contributed by atoms with Crippen LogP contribution in [0.3, 0.4) is 0 Å². The summed E-state index contributed by atoms with van der Waals surface area (Å²) in [6.07, 6.45) is 3.08. The number of nitrogens with zero attached hydrogens (tertiary/aromatic N) is 1. The van der Waals surface area contributed by atoms with Crippen LogP contribution in [0.2, 0.25) is 0 Å². The van der Waals surface area contributed by atoms with Gasteiger partial charge in [-0.3, -0.25) is 0 Å². The van der Waals surface area contributed by atoms with E-state index >= 15 is 0 Å². The second-order valence-electron chi connectivity index (χ2n) is 2.82. The van der Waals surface area contributed by atoms with E-state index in [1.807, 2.05) is 0 Å². The average Bonchev–Trinajstić information content (AvgIpc) is 2.71. The Labute approximate surface area is 80.2 Å². The molecule has 3 heteroatoms. The molecule has 14 heavy (non-hydrogen) atoms. The largest absolute Gasteiger partial charge is 0.472 e. The molecule has 0 radical (unpaired) electrons. The first-order valence-corrected chi connectivity index (χ1v) is 4.03. The third-order valence-corrected chi connectivity index (χ3v) is 1.94. The fraction of sp³-hybridized carbons (Fsp3) is 0. The minimum Gasteiger partial charge on any atom is -0.472 e. The highest BCUT2D eigenvalue weighted by molar-refractivity contribution is 5.63. The van der Waals surface area contributed by atoms with Crippen LogP contribution in [0.25, 0.3) is 11.1 Å². The van der Waals surface area contributed by atoms with Crippen molar-refractivity contribution in [1.82, 2.24) is 0 Å². The standard InChI is InChI=1S/C11H6FNO/c12-11-2-1-8(5-10(11)6-13)9-3-4-14-7-9/h1-5,7H. The van der Waals surface area contributed by atoms with Crippen LogP contribution in [-0.2, 0) is 0 Å². The summed E-state index contributed by atoms with van der Waals surface area (Å²) >= 11 is 0. The Balaban J connectivity index is 2.53. The smallest absolute Gasteiger partial charge is 0.140 e. The first-order chi connectivity index (χ1) is 6.81. The predicted octanol–water partition coefficient (Wildman–Crippen LogP) is 2.96. The van der Waals surface area contributed by atoms with Crippen LogP contribution in [0.5, 0.6) is 0 Å². The fourth-order valence-corrected chi connectivity index (χ4v) is 1.22. The monoisotopic (exact) mass is 187 g/mol. The quantitative estimate of drug-likeness (QED) is 0.688. The molecule has 2 nitrogen and oxygen atoms in total. The van der Waals surface area contributed by atoms with Crippen molar-refractivity contribution < 1.29 is 8.81 Å². The third kappa shape index (κ3) is 1.38. The van der Waals surface area contributed by atoms with Crippen molar-refractivity contribution in [2.75, 3.05) is 0 Å². The molecule has 68 valence electrons. The Morgan fingerprint density at radius 2 is 2.07 bits per heavy atom. The number of halogens is 1. The molecule has 1 aromatic heterocycles. The molecular formula is C11H6FNO. The van der Waals surface area contributed by atoms with Gasteiger partial charge < -0.3 is 4.42 Å². The lowest BCUT2D eigenvalue weighted by molar-refractivity contribution is 0.568. The Bertz CT molecular complexity index is 482. The van der Waals surface area contributed by atoms with Crippen LogP contribution in [0, 0.1) is 17.1 Å². The van der Waals surface area contributed by atoms with Gasteiger partial charge in [0.15, 0.2) is 0 Å². The molecule has 0 saturated carbocycles. The molecule has 0 saturated heterocycles. The third-order valence-electron chi connectivity index (χ3n) is 1.94. The van der Waals surface area contributed by atoms with E-state index in [0.717, 1.165) is 11.1 Å². The van der Waals surface area contributed by atoms with Crippen molar-refractivity contribution in [3.8, 4) is 17.2 Å². The van der Waals surface area contributed by atoms with Gasteiger partial charge >= 0.3 is 0 Å². The molecule has 0 bridgehead atoms. The van der Waals surface area contributed by atoms with E-state index < -0.39 is 5.82 Å². The molecule has 0 unspecified atom stereocenters. The zero-order valence-electron chi connectivity index (χ0n) is 7.20. The van der Waals surface area contributed by atoms with E-state index in [2.05, 4.69) is 0 Å². The van der Waals surface area contributed by atoms with Gasteiger partial charge in [-0.1, -0.05) is 6.07 Å². The van der Waals surface area contributed by atoms with Crippen LogP contribution in [0.1, 0.15) is 5.56 Å². The van der Waals surface area contributed by atoms with E-state index in [1.54, 1.807) is 24.5 Å². The Morgan fingerprint density at radius 3 is 2.71 bits per heavy atom. The molecule has 1 heterocycles. The first kappa shape index (κ1) is 8.52. The molecule has 2 aromatic rings. The van der Waals surface area contributed by atoms with Gasteiger partial charge in [-0.2, -0.15) is 5.26 Å². The van der Waals surface area contributed by atoms with E-state index in [-0.39, 0.29) is 5.56 Å². The number of benzene rings is 1. The number of rotatable bonds is 1. The van der Waals surface area contributed by atoms with E-state index in [4.69, 9.17) is 9.68 Å². The van der Waals surface area contributed by atoms with Crippen LogP contribution in [0.4, 0.5) is 4.39 Å². The maximum atomic E-state index is 13.0. The zero-order valence-corrected chi connectivity index (χ0v) is 7.20. The van der Waals surface area contributed by atoms with Crippen molar-refractivity contribution in [2.24, 2.45) is 0 Å². The molecule has 0 spiro atoms. The number of hydrogen-bond donors (Lipinski definition) is 0. The summed E-state index contributed by atoms with van der Waals surface area (Å²) < 4.78 is 17.9. The zero-order chi connectivity index (χ0) is 9.97. The summed E-state index contributed by atoms with van der Waals surface area (Å²) in [6.45, 7) is 0. The van der Waals surface area contributed by atoms with Crippen LogP contribution < -0.4 is 0 Å². The lowest BCUT2D eigenvalue weighted by Gasteiger charge is -1.98. The first-order valence-electron chi connectivity index (χ1n) is 4.03. The van der Waals surface area contributed by atoms with Crippen LogP contribution >= 0.6 is 0 Å². The van der Waals surface area contributed by atoms with Crippen molar-refractivity contribution in [1.29, 1.82) is 5.26 Å². The summed E-state index contributed by atoms with van der Waals surface area (Å²) in [5.74, 6) is -0.500. The van der Waals surface area contributed by atoms with Gasteiger partial charge in [0.2, 0.25) is 0 Å². The Hall–Kier alpha value is -2.08. The fourth-order valence-electron chi connectivity index (χ4n) is 1.22. The van der Waals surface area contributed by atoms with Crippen LogP contribution in [0.15, 0.2) is 41.2 Å². The SMILES string of the molecule is N#Cc1cc(-c2ccoc2)ccc1F. The van der Waals surface area contributed by atoms with Gasteiger partial charge in [0.1, 0.15) is 11.9 Å². The highest BCUT2D eigenvalue weighted by Gasteiger charge is 2.04. The summed E-state index contributed by atoms with van der Waals surface area (Å²) in [6, 6.07) is 7.94. The lowest BCUT2D eigenvalue weighted by Crippen LogP contribution is -1.84. The van der Waals surface area contributed by atoms with Crippen molar-refractivity contribution >= 4 is 0 Å². The van der Waals surface area contributed by atoms with Crippen molar-refractivity contribution in [2.45, 2.75) is 0 Å². The second kappa shape index (κ2) is 3.35. The van der Waals surface area contributed by atoms with Gasteiger partial charge in [0.05, 0.1) is 18.1 Å². The predicted molar refractivity (Wildman–Crippen MR) is 48.8 cm³/mol. The Kier molecular flexibility index (Phi) is 2.04. The lowest BCUT2D eigenvalue weighted by atomic mass is 10.1. The number of furan rings is 1. The molecule has 0 aliphatic carbocycles. The molecule has 2 rings (SSSR count).